The first-order valence-electron chi connectivity index (χ1n) is 5.70. The van der Waals surface area contributed by atoms with Crippen LogP contribution in [0.3, 0.4) is 0 Å². The first kappa shape index (κ1) is 14.0. The summed E-state index contributed by atoms with van der Waals surface area (Å²) in [4.78, 5) is 0. The van der Waals surface area contributed by atoms with Gasteiger partial charge in [-0.3, -0.25) is 0 Å². The van der Waals surface area contributed by atoms with Crippen molar-refractivity contribution >= 4 is 28.9 Å². The summed E-state index contributed by atoms with van der Waals surface area (Å²) < 4.78 is 0. The zero-order valence-corrected chi connectivity index (χ0v) is 11.5. The molecule has 0 spiro atoms. The summed E-state index contributed by atoms with van der Waals surface area (Å²) in [6.07, 6.45) is 0. The van der Waals surface area contributed by atoms with Gasteiger partial charge in [0.2, 0.25) is 0 Å². The van der Waals surface area contributed by atoms with Crippen LogP contribution >= 0.6 is 23.2 Å². The molecule has 0 unspecified atom stereocenters. The van der Waals surface area contributed by atoms with Crippen molar-refractivity contribution in [2.24, 2.45) is 0 Å². The molecule has 0 aliphatic carbocycles. The standard InChI is InChI=1S/C14H13Cl2NO2/c15-11-5-10(14(19)13(16)6-11)7-17-12-3-1-9(8-18)2-4-12/h1-6,17-19H,7-8H2. The summed E-state index contributed by atoms with van der Waals surface area (Å²) in [5.74, 6) is 0.0329. The molecule has 0 radical (unpaired) electrons. The molecule has 2 aromatic rings. The van der Waals surface area contributed by atoms with Gasteiger partial charge in [-0.1, -0.05) is 35.3 Å². The number of rotatable bonds is 4. The van der Waals surface area contributed by atoms with E-state index in [9.17, 15) is 5.11 Å². The summed E-state index contributed by atoms with van der Waals surface area (Å²) in [5.41, 5.74) is 2.36. The maximum absolute atomic E-state index is 9.82. The van der Waals surface area contributed by atoms with Crippen LogP contribution in [0.4, 0.5) is 5.69 Å². The van der Waals surface area contributed by atoms with Crippen LogP contribution in [0, 0.1) is 0 Å². The van der Waals surface area contributed by atoms with Crippen LogP contribution in [0.5, 0.6) is 5.75 Å². The van der Waals surface area contributed by atoms with E-state index in [2.05, 4.69) is 5.32 Å². The van der Waals surface area contributed by atoms with Gasteiger partial charge in [-0.2, -0.15) is 0 Å². The SMILES string of the molecule is OCc1ccc(NCc2cc(Cl)cc(Cl)c2O)cc1. The van der Waals surface area contributed by atoms with Gasteiger partial charge in [0, 0.05) is 22.8 Å². The van der Waals surface area contributed by atoms with E-state index in [0.717, 1.165) is 11.3 Å². The smallest absolute Gasteiger partial charge is 0.139 e. The van der Waals surface area contributed by atoms with E-state index in [1.807, 2.05) is 24.3 Å². The van der Waals surface area contributed by atoms with Gasteiger partial charge in [-0.15, -0.1) is 0 Å². The lowest BCUT2D eigenvalue weighted by atomic mass is 10.2. The lowest BCUT2D eigenvalue weighted by Crippen LogP contribution is -2.00. The second-order valence-electron chi connectivity index (χ2n) is 4.10. The molecule has 5 heteroatoms. The number of phenolic OH excluding ortho intramolecular Hbond substituents is 1. The van der Waals surface area contributed by atoms with E-state index in [-0.39, 0.29) is 17.4 Å². The van der Waals surface area contributed by atoms with Crippen LogP contribution in [-0.4, -0.2) is 10.2 Å². The van der Waals surface area contributed by atoms with Crippen LogP contribution in [0.25, 0.3) is 0 Å². The quantitative estimate of drug-likeness (QED) is 0.804. The lowest BCUT2D eigenvalue weighted by Gasteiger charge is -2.10. The van der Waals surface area contributed by atoms with Crippen molar-refractivity contribution in [1.82, 2.24) is 0 Å². The molecule has 0 heterocycles. The molecule has 0 aliphatic rings. The van der Waals surface area contributed by atoms with E-state index in [0.29, 0.717) is 17.1 Å². The fraction of sp³-hybridized carbons (Fsp3) is 0.143. The normalized spacial score (nSPS) is 10.5. The predicted molar refractivity (Wildman–Crippen MR) is 77.8 cm³/mol. The first-order chi connectivity index (χ1) is 9.10. The number of benzene rings is 2. The van der Waals surface area contributed by atoms with Crippen LogP contribution in [0.1, 0.15) is 11.1 Å². The number of nitrogens with one attached hydrogen (secondary N) is 1. The Morgan fingerprint density at radius 3 is 2.37 bits per heavy atom. The molecule has 0 bridgehead atoms. The number of anilines is 1. The molecule has 0 atom stereocenters. The van der Waals surface area contributed by atoms with Crippen molar-refractivity contribution in [3.63, 3.8) is 0 Å². The molecule has 0 amide bonds. The van der Waals surface area contributed by atoms with Gasteiger partial charge in [0.05, 0.1) is 11.6 Å². The highest BCUT2D eigenvalue weighted by Crippen LogP contribution is 2.31. The fourth-order valence-corrected chi connectivity index (χ4v) is 2.21. The Labute approximate surface area is 121 Å². The Hall–Kier alpha value is -1.42. The minimum atomic E-state index is 0.0188. The Kier molecular flexibility index (Phi) is 4.53. The molecule has 0 fully saturated rings. The highest BCUT2D eigenvalue weighted by molar-refractivity contribution is 6.35. The van der Waals surface area contributed by atoms with Gasteiger partial charge < -0.3 is 15.5 Å². The van der Waals surface area contributed by atoms with Crippen molar-refractivity contribution in [3.8, 4) is 5.75 Å². The zero-order valence-electron chi connectivity index (χ0n) is 10.0. The van der Waals surface area contributed by atoms with Crippen molar-refractivity contribution < 1.29 is 10.2 Å². The third-order valence-electron chi connectivity index (χ3n) is 2.73. The van der Waals surface area contributed by atoms with Crippen molar-refractivity contribution in [1.29, 1.82) is 0 Å². The second kappa shape index (κ2) is 6.15. The maximum Gasteiger partial charge on any atom is 0.139 e. The van der Waals surface area contributed by atoms with E-state index < -0.39 is 0 Å². The number of hydrogen-bond donors (Lipinski definition) is 3. The largest absolute Gasteiger partial charge is 0.506 e. The third kappa shape index (κ3) is 3.53. The van der Waals surface area contributed by atoms with Gasteiger partial charge in [-0.05, 0) is 29.8 Å². The molecule has 2 aromatic carbocycles. The van der Waals surface area contributed by atoms with Gasteiger partial charge >= 0.3 is 0 Å². The Morgan fingerprint density at radius 2 is 1.74 bits per heavy atom. The van der Waals surface area contributed by atoms with E-state index >= 15 is 0 Å². The number of hydrogen-bond acceptors (Lipinski definition) is 3. The minimum Gasteiger partial charge on any atom is -0.506 e. The van der Waals surface area contributed by atoms with Crippen LogP contribution in [-0.2, 0) is 13.2 Å². The number of phenols is 1. The van der Waals surface area contributed by atoms with Crippen LogP contribution in [0.15, 0.2) is 36.4 Å². The van der Waals surface area contributed by atoms with Gasteiger partial charge in [0.15, 0.2) is 0 Å². The van der Waals surface area contributed by atoms with Crippen LogP contribution in [0.2, 0.25) is 10.0 Å². The molecule has 3 nitrogen and oxygen atoms in total. The van der Waals surface area contributed by atoms with Crippen molar-refractivity contribution in [3.05, 3.63) is 57.6 Å². The average molecular weight is 298 g/mol. The molecule has 19 heavy (non-hydrogen) atoms. The zero-order chi connectivity index (χ0) is 13.8. The molecule has 3 N–H and O–H groups in total. The number of halogens is 2. The summed E-state index contributed by atoms with van der Waals surface area (Å²) >= 11 is 11.7. The Morgan fingerprint density at radius 1 is 1.05 bits per heavy atom. The third-order valence-corrected chi connectivity index (χ3v) is 3.23. The molecule has 0 aliphatic heterocycles. The molecule has 2 rings (SSSR count). The van der Waals surface area contributed by atoms with Gasteiger partial charge in [0.25, 0.3) is 0 Å². The second-order valence-corrected chi connectivity index (χ2v) is 4.95. The lowest BCUT2D eigenvalue weighted by molar-refractivity contribution is 0.282. The van der Waals surface area contributed by atoms with Crippen molar-refractivity contribution in [2.75, 3.05) is 5.32 Å². The number of aliphatic hydroxyl groups excluding tert-OH is 1. The average Bonchev–Trinajstić information content (AvgIpc) is 2.41. The Bertz CT molecular complexity index is 570. The molecular formula is C14H13Cl2NO2. The van der Waals surface area contributed by atoms with Crippen LogP contribution < -0.4 is 5.32 Å². The topological polar surface area (TPSA) is 52.5 Å². The summed E-state index contributed by atoms with van der Waals surface area (Å²) in [5, 5.41) is 22.6. The molecular weight excluding hydrogens is 285 g/mol. The molecule has 0 aromatic heterocycles. The van der Waals surface area contributed by atoms with Crippen molar-refractivity contribution in [2.45, 2.75) is 13.2 Å². The van der Waals surface area contributed by atoms with Gasteiger partial charge in [0.1, 0.15) is 5.75 Å². The Balaban J connectivity index is 2.09. The molecule has 0 saturated heterocycles. The van der Waals surface area contributed by atoms with Gasteiger partial charge in [-0.25, -0.2) is 0 Å². The fourth-order valence-electron chi connectivity index (χ4n) is 1.68. The highest BCUT2D eigenvalue weighted by atomic mass is 35.5. The summed E-state index contributed by atoms with van der Waals surface area (Å²) in [7, 11) is 0. The van der Waals surface area contributed by atoms with E-state index in [1.165, 1.54) is 6.07 Å². The summed E-state index contributed by atoms with van der Waals surface area (Å²) in [6, 6.07) is 10.5. The van der Waals surface area contributed by atoms with E-state index in [4.69, 9.17) is 28.3 Å². The first-order valence-corrected chi connectivity index (χ1v) is 6.46. The maximum atomic E-state index is 9.82. The monoisotopic (exact) mass is 297 g/mol. The number of aliphatic hydroxyl groups is 1. The highest BCUT2D eigenvalue weighted by Gasteiger charge is 2.07. The minimum absolute atomic E-state index is 0.0188. The molecule has 100 valence electrons. The van der Waals surface area contributed by atoms with E-state index in [1.54, 1.807) is 6.07 Å². The summed E-state index contributed by atoms with van der Waals surface area (Å²) in [6.45, 7) is 0.426. The number of aromatic hydroxyl groups is 1. The predicted octanol–water partition coefficient (Wildman–Crippen LogP) is 3.80. The molecule has 0 saturated carbocycles.